The molecule has 1 saturated heterocycles. The standard InChI is InChI=1S/C9H11N3O2/c13-12(14)8-2-4-11-9(5-8)7-1-3-10-6-7/h2,4-5,7,10H,1,3,6H2. The summed E-state index contributed by atoms with van der Waals surface area (Å²) in [4.78, 5) is 14.3. The Labute approximate surface area is 81.3 Å². The van der Waals surface area contributed by atoms with Crippen LogP contribution in [0.5, 0.6) is 0 Å². The molecular formula is C9H11N3O2. The monoisotopic (exact) mass is 193 g/mol. The third kappa shape index (κ3) is 1.72. The molecule has 1 unspecified atom stereocenters. The molecule has 5 heteroatoms. The minimum atomic E-state index is -0.381. The van der Waals surface area contributed by atoms with Crippen molar-refractivity contribution in [3.8, 4) is 0 Å². The van der Waals surface area contributed by atoms with Crippen molar-refractivity contribution in [2.24, 2.45) is 0 Å². The van der Waals surface area contributed by atoms with E-state index in [1.54, 1.807) is 6.07 Å². The Kier molecular flexibility index (Phi) is 2.41. The summed E-state index contributed by atoms with van der Waals surface area (Å²) in [6.07, 6.45) is 2.51. The fourth-order valence-corrected chi connectivity index (χ4v) is 1.68. The third-order valence-electron chi connectivity index (χ3n) is 2.45. The molecule has 2 heterocycles. The van der Waals surface area contributed by atoms with Gasteiger partial charge in [0.25, 0.3) is 5.69 Å². The van der Waals surface area contributed by atoms with Gasteiger partial charge in [0.2, 0.25) is 0 Å². The summed E-state index contributed by atoms with van der Waals surface area (Å²) in [7, 11) is 0. The lowest BCUT2D eigenvalue weighted by atomic mass is 10.0. The van der Waals surface area contributed by atoms with Gasteiger partial charge >= 0.3 is 0 Å². The van der Waals surface area contributed by atoms with Crippen LogP contribution in [-0.2, 0) is 0 Å². The number of rotatable bonds is 2. The lowest BCUT2D eigenvalue weighted by molar-refractivity contribution is -0.385. The highest BCUT2D eigenvalue weighted by Crippen LogP contribution is 2.23. The van der Waals surface area contributed by atoms with E-state index in [-0.39, 0.29) is 10.6 Å². The molecule has 1 aromatic rings. The largest absolute Gasteiger partial charge is 0.316 e. The van der Waals surface area contributed by atoms with Crippen LogP contribution >= 0.6 is 0 Å². The van der Waals surface area contributed by atoms with Gasteiger partial charge in [-0.2, -0.15) is 0 Å². The van der Waals surface area contributed by atoms with Gasteiger partial charge in [-0.3, -0.25) is 15.1 Å². The minimum Gasteiger partial charge on any atom is -0.316 e. The molecule has 1 aliphatic rings. The Bertz CT molecular complexity index is 348. The minimum absolute atomic E-state index is 0.127. The van der Waals surface area contributed by atoms with Crippen LogP contribution in [0.25, 0.3) is 0 Å². The molecule has 0 saturated carbocycles. The SMILES string of the molecule is O=[N+]([O-])c1ccnc(C2CCNC2)c1. The second-order valence-electron chi connectivity index (χ2n) is 3.39. The normalized spacial score (nSPS) is 21.0. The first-order chi connectivity index (χ1) is 6.77. The Morgan fingerprint density at radius 2 is 2.50 bits per heavy atom. The van der Waals surface area contributed by atoms with Gasteiger partial charge in [-0.1, -0.05) is 0 Å². The van der Waals surface area contributed by atoms with Gasteiger partial charge < -0.3 is 5.32 Å². The van der Waals surface area contributed by atoms with Gasteiger partial charge in [0.15, 0.2) is 0 Å². The van der Waals surface area contributed by atoms with Crippen LogP contribution in [0.3, 0.4) is 0 Å². The van der Waals surface area contributed by atoms with E-state index in [0.717, 1.165) is 25.2 Å². The molecule has 0 bridgehead atoms. The molecule has 1 aliphatic heterocycles. The van der Waals surface area contributed by atoms with Crippen molar-refractivity contribution < 1.29 is 4.92 Å². The molecule has 0 radical (unpaired) electrons. The summed E-state index contributed by atoms with van der Waals surface area (Å²) < 4.78 is 0. The summed E-state index contributed by atoms with van der Waals surface area (Å²) in [6.45, 7) is 1.84. The number of pyridine rings is 1. The van der Waals surface area contributed by atoms with Crippen molar-refractivity contribution in [2.45, 2.75) is 12.3 Å². The maximum absolute atomic E-state index is 10.5. The number of nitro groups is 1. The van der Waals surface area contributed by atoms with Gasteiger partial charge in [-0.25, -0.2) is 0 Å². The van der Waals surface area contributed by atoms with E-state index in [2.05, 4.69) is 10.3 Å². The molecule has 0 spiro atoms. The summed E-state index contributed by atoms with van der Waals surface area (Å²) in [5.74, 6) is 0.329. The van der Waals surface area contributed by atoms with E-state index < -0.39 is 0 Å². The van der Waals surface area contributed by atoms with Gasteiger partial charge in [0.1, 0.15) is 0 Å². The fourth-order valence-electron chi connectivity index (χ4n) is 1.68. The van der Waals surface area contributed by atoms with Gasteiger partial charge in [-0.15, -0.1) is 0 Å². The Morgan fingerprint density at radius 3 is 3.14 bits per heavy atom. The molecule has 14 heavy (non-hydrogen) atoms. The first-order valence-electron chi connectivity index (χ1n) is 4.58. The van der Waals surface area contributed by atoms with E-state index in [0.29, 0.717) is 5.92 Å². The maximum atomic E-state index is 10.5. The fraction of sp³-hybridized carbons (Fsp3) is 0.444. The van der Waals surface area contributed by atoms with Crippen molar-refractivity contribution in [1.82, 2.24) is 10.3 Å². The summed E-state index contributed by atoms with van der Waals surface area (Å²) >= 11 is 0. The molecule has 1 N–H and O–H groups in total. The molecule has 2 rings (SSSR count). The number of hydrogen-bond donors (Lipinski definition) is 1. The van der Waals surface area contributed by atoms with Crippen LogP contribution in [0.15, 0.2) is 18.3 Å². The maximum Gasteiger partial charge on any atom is 0.272 e. The average Bonchev–Trinajstić information content (AvgIpc) is 2.71. The van der Waals surface area contributed by atoms with E-state index >= 15 is 0 Å². The quantitative estimate of drug-likeness (QED) is 0.563. The van der Waals surface area contributed by atoms with Crippen molar-refractivity contribution in [3.63, 3.8) is 0 Å². The van der Waals surface area contributed by atoms with E-state index in [4.69, 9.17) is 0 Å². The number of hydrogen-bond acceptors (Lipinski definition) is 4. The van der Waals surface area contributed by atoms with Gasteiger partial charge in [0, 0.05) is 30.8 Å². The lowest BCUT2D eigenvalue weighted by Gasteiger charge is -2.05. The highest BCUT2D eigenvalue weighted by atomic mass is 16.6. The number of nitrogens with zero attached hydrogens (tertiary/aromatic N) is 2. The Hall–Kier alpha value is -1.49. The zero-order valence-corrected chi connectivity index (χ0v) is 7.64. The predicted octanol–water partition coefficient (Wildman–Crippen LogP) is 1.07. The summed E-state index contributed by atoms with van der Waals surface area (Å²) in [5, 5.41) is 13.7. The molecule has 1 atom stereocenters. The summed E-state index contributed by atoms with van der Waals surface area (Å²) in [6, 6.07) is 2.99. The molecule has 0 aromatic carbocycles. The molecule has 0 amide bonds. The lowest BCUT2D eigenvalue weighted by Crippen LogP contribution is -2.09. The topological polar surface area (TPSA) is 68.1 Å². The second kappa shape index (κ2) is 3.71. The van der Waals surface area contributed by atoms with Crippen molar-refractivity contribution in [1.29, 1.82) is 0 Å². The molecule has 5 nitrogen and oxygen atoms in total. The van der Waals surface area contributed by atoms with Crippen LogP contribution in [0, 0.1) is 10.1 Å². The van der Waals surface area contributed by atoms with Gasteiger partial charge in [0.05, 0.1) is 10.6 Å². The number of aromatic nitrogens is 1. The third-order valence-corrected chi connectivity index (χ3v) is 2.45. The van der Waals surface area contributed by atoms with Crippen LogP contribution < -0.4 is 5.32 Å². The van der Waals surface area contributed by atoms with Gasteiger partial charge in [-0.05, 0) is 13.0 Å². The Morgan fingerprint density at radius 1 is 1.64 bits per heavy atom. The van der Waals surface area contributed by atoms with Crippen molar-refractivity contribution in [3.05, 3.63) is 34.1 Å². The zero-order valence-electron chi connectivity index (χ0n) is 7.64. The Balaban J connectivity index is 2.25. The van der Waals surface area contributed by atoms with E-state index in [9.17, 15) is 10.1 Å². The highest BCUT2D eigenvalue weighted by molar-refractivity contribution is 5.31. The smallest absolute Gasteiger partial charge is 0.272 e. The molecule has 0 aliphatic carbocycles. The highest BCUT2D eigenvalue weighted by Gasteiger charge is 2.19. The zero-order chi connectivity index (χ0) is 9.97. The van der Waals surface area contributed by atoms with Crippen LogP contribution in [-0.4, -0.2) is 23.0 Å². The molecule has 1 fully saturated rings. The van der Waals surface area contributed by atoms with E-state index in [1.165, 1.54) is 12.3 Å². The van der Waals surface area contributed by atoms with Crippen LogP contribution in [0.2, 0.25) is 0 Å². The molecule has 1 aromatic heterocycles. The van der Waals surface area contributed by atoms with E-state index in [1.807, 2.05) is 0 Å². The number of nitrogens with one attached hydrogen (secondary N) is 1. The molecular weight excluding hydrogens is 182 g/mol. The predicted molar refractivity (Wildman–Crippen MR) is 51.1 cm³/mol. The van der Waals surface area contributed by atoms with Crippen LogP contribution in [0.4, 0.5) is 5.69 Å². The first-order valence-corrected chi connectivity index (χ1v) is 4.58. The van der Waals surface area contributed by atoms with Crippen molar-refractivity contribution in [2.75, 3.05) is 13.1 Å². The first kappa shape index (κ1) is 9.08. The second-order valence-corrected chi connectivity index (χ2v) is 3.39. The molecule has 74 valence electrons. The van der Waals surface area contributed by atoms with Crippen molar-refractivity contribution >= 4 is 5.69 Å². The van der Waals surface area contributed by atoms with Crippen LogP contribution in [0.1, 0.15) is 18.0 Å². The average molecular weight is 193 g/mol. The summed E-state index contributed by atoms with van der Waals surface area (Å²) in [5.41, 5.74) is 0.950.